The number of anilines is 1. The molecule has 1 aromatic carbocycles. The van der Waals surface area contributed by atoms with Crippen LogP contribution in [0.25, 0.3) is 0 Å². The van der Waals surface area contributed by atoms with Crippen molar-refractivity contribution in [1.82, 2.24) is 4.90 Å². The number of nitrogens with one attached hydrogen (secondary N) is 1. The Morgan fingerprint density at radius 2 is 2.08 bits per heavy atom. The van der Waals surface area contributed by atoms with Crippen LogP contribution in [0.5, 0.6) is 0 Å². The minimum absolute atomic E-state index is 0.287. The highest BCUT2D eigenvalue weighted by Crippen LogP contribution is 2.22. The molecule has 1 atom stereocenters. The summed E-state index contributed by atoms with van der Waals surface area (Å²) in [5.41, 5.74) is 2.19. The SMILES string of the molecule is CCCCN(C(=O)O)C(C(=O)Nc1ccccc1C)C1=CC(=S)CC=C1. The van der Waals surface area contributed by atoms with E-state index in [0.29, 0.717) is 29.0 Å². The number of amides is 2. The Hall–Kier alpha value is -2.47. The smallest absolute Gasteiger partial charge is 0.408 e. The second-order valence-electron chi connectivity index (χ2n) is 6.25. The van der Waals surface area contributed by atoms with Gasteiger partial charge in [-0.15, -0.1) is 0 Å². The van der Waals surface area contributed by atoms with E-state index in [9.17, 15) is 14.7 Å². The summed E-state index contributed by atoms with van der Waals surface area (Å²) in [5.74, 6) is -0.376. The Morgan fingerprint density at radius 1 is 1.35 bits per heavy atom. The molecule has 0 bridgehead atoms. The number of allylic oxidation sites excluding steroid dienone is 2. The van der Waals surface area contributed by atoms with Crippen LogP contribution in [0.3, 0.4) is 0 Å². The van der Waals surface area contributed by atoms with Gasteiger partial charge in [0.25, 0.3) is 5.91 Å². The van der Waals surface area contributed by atoms with Gasteiger partial charge in [0.2, 0.25) is 0 Å². The van der Waals surface area contributed by atoms with Crippen molar-refractivity contribution >= 4 is 34.8 Å². The number of hydrogen-bond donors (Lipinski definition) is 2. The van der Waals surface area contributed by atoms with Gasteiger partial charge in [0.1, 0.15) is 6.04 Å². The molecule has 26 heavy (non-hydrogen) atoms. The number of thiocarbonyl (C=S) groups is 1. The molecule has 0 aliphatic heterocycles. The van der Waals surface area contributed by atoms with Gasteiger partial charge in [-0.05, 0) is 36.6 Å². The maximum absolute atomic E-state index is 13.0. The minimum atomic E-state index is -1.12. The molecule has 0 spiro atoms. The van der Waals surface area contributed by atoms with Gasteiger partial charge in [0.05, 0.1) is 0 Å². The summed E-state index contributed by atoms with van der Waals surface area (Å²) in [5, 5.41) is 12.6. The average Bonchev–Trinajstić information content (AvgIpc) is 2.60. The van der Waals surface area contributed by atoms with Gasteiger partial charge in [-0.3, -0.25) is 9.69 Å². The molecule has 2 amide bonds. The molecule has 0 radical (unpaired) electrons. The summed E-state index contributed by atoms with van der Waals surface area (Å²) in [6.45, 7) is 4.17. The van der Waals surface area contributed by atoms with Crippen LogP contribution in [-0.4, -0.2) is 39.5 Å². The summed E-state index contributed by atoms with van der Waals surface area (Å²) >= 11 is 5.25. The number of benzene rings is 1. The van der Waals surface area contributed by atoms with Crippen molar-refractivity contribution in [3.8, 4) is 0 Å². The number of carboxylic acid groups (broad SMARTS) is 1. The first-order valence-corrected chi connectivity index (χ1v) is 9.12. The molecule has 2 N–H and O–H groups in total. The maximum Gasteiger partial charge on any atom is 0.408 e. The fraction of sp³-hybridized carbons (Fsp3) is 0.350. The fourth-order valence-corrected chi connectivity index (χ4v) is 3.06. The Bertz CT molecular complexity index is 755. The van der Waals surface area contributed by atoms with E-state index in [0.717, 1.165) is 12.0 Å². The number of para-hydroxylation sites is 1. The highest BCUT2D eigenvalue weighted by Gasteiger charge is 2.32. The molecule has 0 fully saturated rings. The molecule has 2 rings (SSSR count). The minimum Gasteiger partial charge on any atom is -0.465 e. The van der Waals surface area contributed by atoms with Crippen LogP contribution in [0.2, 0.25) is 0 Å². The van der Waals surface area contributed by atoms with E-state index < -0.39 is 12.1 Å². The lowest BCUT2D eigenvalue weighted by molar-refractivity contribution is -0.119. The van der Waals surface area contributed by atoms with Crippen molar-refractivity contribution in [3.05, 3.63) is 53.6 Å². The van der Waals surface area contributed by atoms with E-state index in [1.54, 1.807) is 18.2 Å². The number of unbranched alkanes of at least 4 members (excludes halogenated alkanes) is 1. The zero-order chi connectivity index (χ0) is 19.1. The van der Waals surface area contributed by atoms with Crippen molar-refractivity contribution in [3.63, 3.8) is 0 Å². The van der Waals surface area contributed by atoms with Crippen molar-refractivity contribution in [1.29, 1.82) is 0 Å². The maximum atomic E-state index is 13.0. The lowest BCUT2D eigenvalue weighted by Crippen LogP contribution is -2.48. The quantitative estimate of drug-likeness (QED) is 0.699. The molecule has 0 saturated heterocycles. The van der Waals surface area contributed by atoms with Gasteiger partial charge >= 0.3 is 6.09 Å². The molecule has 6 heteroatoms. The Balaban J connectivity index is 2.37. The number of hydrogen-bond acceptors (Lipinski definition) is 3. The molecule has 0 aromatic heterocycles. The summed E-state index contributed by atoms with van der Waals surface area (Å²) in [4.78, 5) is 26.8. The zero-order valence-corrected chi connectivity index (χ0v) is 15.9. The van der Waals surface area contributed by atoms with Gasteiger partial charge in [-0.2, -0.15) is 0 Å². The molecule has 1 aliphatic carbocycles. The lowest BCUT2D eigenvalue weighted by Gasteiger charge is -2.30. The first kappa shape index (κ1) is 19.8. The zero-order valence-electron chi connectivity index (χ0n) is 15.1. The summed E-state index contributed by atoms with van der Waals surface area (Å²) in [7, 11) is 0. The molecule has 5 nitrogen and oxygen atoms in total. The first-order valence-electron chi connectivity index (χ1n) is 8.71. The average molecular weight is 372 g/mol. The normalized spacial score (nSPS) is 14.5. The van der Waals surface area contributed by atoms with Crippen LogP contribution in [-0.2, 0) is 4.79 Å². The Morgan fingerprint density at radius 3 is 2.69 bits per heavy atom. The third-order valence-electron chi connectivity index (χ3n) is 4.23. The van der Waals surface area contributed by atoms with Gasteiger partial charge < -0.3 is 10.4 Å². The third-order valence-corrected chi connectivity index (χ3v) is 4.52. The third kappa shape index (κ3) is 5.02. The van der Waals surface area contributed by atoms with Crippen LogP contribution in [0.4, 0.5) is 10.5 Å². The second-order valence-corrected chi connectivity index (χ2v) is 6.78. The van der Waals surface area contributed by atoms with E-state index in [-0.39, 0.29) is 12.5 Å². The van der Waals surface area contributed by atoms with Gasteiger partial charge in [-0.25, -0.2) is 4.79 Å². The van der Waals surface area contributed by atoms with E-state index in [4.69, 9.17) is 12.2 Å². The molecule has 138 valence electrons. The standard InChI is InChI=1S/C20H24N2O3S/c1-3-4-12-22(20(24)25)18(15-9-7-10-16(26)13-15)19(23)21-17-11-6-5-8-14(17)2/h5-9,11,13,18H,3-4,10,12H2,1-2H3,(H,21,23)(H,24,25). The molecule has 1 aromatic rings. The Labute approximate surface area is 159 Å². The summed E-state index contributed by atoms with van der Waals surface area (Å²) in [6.07, 6.45) is 6.43. The van der Waals surface area contributed by atoms with Crippen molar-refractivity contribution in [2.75, 3.05) is 11.9 Å². The summed E-state index contributed by atoms with van der Waals surface area (Å²) in [6, 6.07) is 6.48. The molecular weight excluding hydrogens is 348 g/mol. The number of nitrogens with zero attached hydrogens (tertiary/aromatic N) is 1. The van der Waals surface area contributed by atoms with Gasteiger partial charge in [0, 0.05) is 23.5 Å². The topological polar surface area (TPSA) is 69.6 Å². The highest BCUT2D eigenvalue weighted by molar-refractivity contribution is 7.80. The van der Waals surface area contributed by atoms with E-state index >= 15 is 0 Å². The predicted molar refractivity (Wildman–Crippen MR) is 108 cm³/mol. The second kappa shape index (κ2) is 9.29. The van der Waals surface area contributed by atoms with Crippen LogP contribution in [0.1, 0.15) is 31.7 Å². The highest BCUT2D eigenvalue weighted by atomic mass is 32.1. The van der Waals surface area contributed by atoms with Crippen molar-refractivity contribution in [2.24, 2.45) is 0 Å². The van der Waals surface area contributed by atoms with Gasteiger partial charge in [0.15, 0.2) is 0 Å². The number of aryl methyl sites for hydroxylation is 1. The predicted octanol–water partition coefficient (Wildman–Crippen LogP) is 4.34. The lowest BCUT2D eigenvalue weighted by atomic mass is 9.97. The van der Waals surface area contributed by atoms with Crippen LogP contribution < -0.4 is 5.32 Å². The number of carbonyl (C=O) groups excluding carboxylic acids is 1. The van der Waals surface area contributed by atoms with Gasteiger partial charge in [-0.1, -0.05) is 55.9 Å². The summed E-state index contributed by atoms with van der Waals surface area (Å²) < 4.78 is 0. The number of carbonyl (C=O) groups is 2. The van der Waals surface area contributed by atoms with Crippen molar-refractivity contribution in [2.45, 2.75) is 39.2 Å². The first-order chi connectivity index (χ1) is 12.4. The molecule has 1 aliphatic rings. The monoisotopic (exact) mass is 372 g/mol. The van der Waals surface area contributed by atoms with Crippen LogP contribution >= 0.6 is 12.2 Å². The van der Waals surface area contributed by atoms with Crippen LogP contribution in [0, 0.1) is 6.92 Å². The van der Waals surface area contributed by atoms with E-state index in [2.05, 4.69) is 5.32 Å². The number of rotatable bonds is 7. The van der Waals surface area contributed by atoms with E-state index in [1.165, 1.54) is 4.90 Å². The molecule has 0 saturated carbocycles. The van der Waals surface area contributed by atoms with Crippen LogP contribution in [0.15, 0.2) is 48.1 Å². The molecular formula is C20H24N2O3S. The van der Waals surface area contributed by atoms with E-state index in [1.807, 2.05) is 38.1 Å². The Kier molecular flexibility index (Phi) is 7.09. The fourth-order valence-electron chi connectivity index (χ4n) is 2.82. The van der Waals surface area contributed by atoms with Crippen molar-refractivity contribution < 1.29 is 14.7 Å². The molecule has 0 heterocycles. The molecule has 1 unspecified atom stereocenters. The largest absolute Gasteiger partial charge is 0.465 e.